The fourth-order valence-electron chi connectivity index (χ4n) is 2.79. The van der Waals surface area contributed by atoms with Crippen molar-refractivity contribution >= 4 is 0 Å². The maximum atomic E-state index is 13.8. The zero-order valence-electron chi connectivity index (χ0n) is 11.6. The Balaban J connectivity index is 1.98. The van der Waals surface area contributed by atoms with Crippen molar-refractivity contribution in [3.63, 3.8) is 0 Å². The predicted molar refractivity (Wildman–Crippen MR) is 73.0 cm³/mol. The molecule has 0 radical (unpaired) electrons. The molecule has 0 bridgehead atoms. The lowest BCUT2D eigenvalue weighted by Gasteiger charge is -2.21. The zero-order chi connectivity index (χ0) is 13.8. The van der Waals surface area contributed by atoms with Crippen LogP contribution in [0.3, 0.4) is 0 Å². The molecular formula is C15H22F2N2. The first-order valence-electron chi connectivity index (χ1n) is 6.95. The van der Waals surface area contributed by atoms with E-state index in [1.165, 1.54) is 6.42 Å². The van der Waals surface area contributed by atoms with Gasteiger partial charge >= 0.3 is 0 Å². The summed E-state index contributed by atoms with van der Waals surface area (Å²) >= 11 is 0. The molecule has 2 atom stereocenters. The van der Waals surface area contributed by atoms with Gasteiger partial charge in [0.1, 0.15) is 0 Å². The van der Waals surface area contributed by atoms with Crippen LogP contribution in [0.1, 0.15) is 31.4 Å². The highest BCUT2D eigenvalue weighted by atomic mass is 19.2. The lowest BCUT2D eigenvalue weighted by Crippen LogP contribution is -2.27. The van der Waals surface area contributed by atoms with Crippen molar-refractivity contribution < 1.29 is 8.78 Å². The summed E-state index contributed by atoms with van der Waals surface area (Å²) in [4.78, 5) is 2.40. The van der Waals surface area contributed by atoms with Crippen LogP contribution in [0.5, 0.6) is 0 Å². The van der Waals surface area contributed by atoms with Gasteiger partial charge < -0.3 is 10.2 Å². The summed E-state index contributed by atoms with van der Waals surface area (Å²) < 4.78 is 27.0. The summed E-state index contributed by atoms with van der Waals surface area (Å²) in [6.45, 7) is 5.40. The van der Waals surface area contributed by atoms with Gasteiger partial charge in [0.05, 0.1) is 0 Å². The SMILES string of the molecule is CNC(CCN1CCC(C)C1)c1cccc(F)c1F. The van der Waals surface area contributed by atoms with E-state index in [0.29, 0.717) is 5.56 Å². The first-order valence-corrected chi connectivity index (χ1v) is 6.95. The number of nitrogens with zero attached hydrogens (tertiary/aromatic N) is 1. The number of rotatable bonds is 5. The Labute approximate surface area is 113 Å². The Morgan fingerprint density at radius 3 is 2.84 bits per heavy atom. The molecule has 1 heterocycles. The van der Waals surface area contributed by atoms with Crippen LogP contribution in [-0.4, -0.2) is 31.6 Å². The van der Waals surface area contributed by atoms with Crippen LogP contribution in [0.4, 0.5) is 8.78 Å². The molecule has 0 aromatic heterocycles. The molecular weight excluding hydrogens is 246 g/mol. The highest BCUT2D eigenvalue weighted by Gasteiger charge is 2.21. The van der Waals surface area contributed by atoms with Gasteiger partial charge in [-0.15, -0.1) is 0 Å². The molecule has 106 valence electrons. The molecule has 0 spiro atoms. The van der Waals surface area contributed by atoms with E-state index in [1.54, 1.807) is 19.2 Å². The number of halogens is 2. The molecule has 1 fully saturated rings. The maximum absolute atomic E-state index is 13.8. The van der Waals surface area contributed by atoms with Gasteiger partial charge in [-0.2, -0.15) is 0 Å². The van der Waals surface area contributed by atoms with E-state index in [1.807, 2.05) is 0 Å². The Morgan fingerprint density at radius 2 is 2.21 bits per heavy atom. The number of nitrogens with one attached hydrogen (secondary N) is 1. The molecule has 2 nitrogen and oxygen atoms in total. The van der Waals surface area contributed by atoms with Crippen molar-refractivity contribution in [1.29, 1.82) is 0 Å². The normalized spacial score (nSPS) is 21.8. The Morgan fingerprint density at radius 1 is 1.42 bits per heavy atom. The van der Waals surface area contributed by atoms with E-state index >= 15 is 0 Å². The molecule has 1 aliphatic heterocycles. The second-order valence-corrected chi connectivity index (χ2v) is 5.47. The van der Waals surface area contributed by atoms with Crippen LogP contribution >= 0.6 is 0 Å². The Bertz CT molecular complexity index is 423. The minimum absolute atomic E-state index is 0.133. The quantitative estimate of drug-likeness (QED) is 0.883. The van der Waals surface area contributed by atoms with Crippen molar-refractivity contribution in [2.24, 2.45) is 5.92 Å². The van der Waals surface area contributed by atoms with E-state index in [-0.39, 0.29) is 6.04 Å². The van der Waals surface area contributed by atoms with Gasteiger partial charge in [-0.3, -0.25) is 0 Å². The highest BCUT2D eigenvalue weighted by Crippen LogP contribution is 2.23. The average Bonchev–Trinajstić information content (AvgIpc) is 2.81. The fraction of sp³-hybridized carbons (Fsp3) is 0.600. The van der Waals surface area contributed by atoms with Crippen molar-refractivity contribution in [2.45, 2.75) is 25.8 Å². The summed E-state index contributed by atoms with van der Waals surface area (Å²) in [5.41, 5.74) is 0.426. The minimum Gasteiger partial charge on any atom is -0.313 e. The molecule has 1 aromatic rings. The predicted octanol–water partition coefficient (Wildman–Crippen LogP) is 2.96. The van der Waals surface area contributed by atoms with Crippen LogP contribution in [-0.2, 0) is 0 Å². The van der Waals surface area contributed by atoms with E-state index in [9.17, 15) is 8.78 Å². The van der Waals surface area contributed by atoms with Gasteiger partial charge in [0.2, 0.25) is 0 Å². The third-order valence-corrected chi connectivity index (χ3v) is 3.95. The third kappa shape index (κ3) is 3.51. The average molecular weight is 268 g/mol. The van der Waals surface area contributed by atoms with Gasteiger partial charge in [0, 0.05) is 18.2 Å². The summed E-state index contributed by atoms with van der Waals surface area (Å²) in [7, 11) is 1.79. The molecule has 0 saturated carbocycles. The van der Waals surface area contributed by atoms with E-state index in [0.717, 1.165) is 38.0 Å². The first kappa shape index (κ1) is 14.4. The number of benzene rings is 1. The third-order valence-electron chi connectivity index (χ3n) is 3.95. The summed E-state index contributed by atoms with van der Waals surface area (Å²) in [5.74, 6) is -0.747. The molecule has 0 amide bonds. The van der Waals surface area contributed by atoms with E-state index in [2.05, 4.69) is 17.1 Å². The van der Waals surface area contributed by atoms with Crippen molar-refractivity contribution in [3.05, 3.63) is 35.4 Å². The van der Waals surface area contributed by atoms with Crippen LogP contribution < -0.4 is 5.32 Å². The summed E-state index contributed by atoms with van der Waals surface area (Å²) in [6, 6.07) is 4.25. The molecule has 19 heavy (non-hydrogen) atoms. The lowest BCUT2D eigenvalue weighted by molar-refractivity contribution is 0.303. The van der Waals surface area contributed by atoms with Gasteiger partial charge in [-0.05, 0) is 45.0 Å². The van der Waals surface area contributed by atoms with E-state index in [4.69, 9.17) is 0 Å². The van der Waals surface area contributed by atoms with Crippen LogP contribution in [0.2, 0.25) is 0 Å². The summed E-state index contributed by atoms with van der Waals surface area (Å²) in [5, 5.41) is 3.09. The van der Waals surface area contributed by atoms with Crippen molar-refractivity contribution in [3.8, 4) is 0 Å². The summed E-state index contributed by atoms with van der Waals surface area (Å²) in [6.07, 6.45) is 2.03. The standard InChI is InChI=1S/C15H22F2N2/c1-11-6-8-19(10-11)9-7-14(18-2)12-4-3-5-13(16)15(12)17/h3-5,11,14,18H,6-10H2,1-2H3. The topological polar surface area (TPSA) is 15.3 Å². The smallest absolute Gasteiger partial charge is 0.163 e. The molecule has 4 heteroatoms. The van der Waals surface area contributed by atoms with Crippen LogP contribution in [0.15, 0.2) is 18.2 Å². The second-order valence-electron chi connectivity index (χ2n) is 5.47. The Kier molecular flexibility index (Phi) is 4.88. The monoisotopic (exact) mass is 268 g/mol. The van der Waals surface area contributed by atoms with Gasteiger partial charge in [0.25, 0.3) is 0 Å². The molecule has 1 aliphatic rings. The molecule has 1 N–H and O–H groups in total. The van der Waals surface area contributed by atoms with Crippen molar-refractivity contribution in [1.82, 2.24) is 10.2 Å². The number of hydrogen-bond donors (Lipinski definition) is 1. The largest absolute Gasteiger partial charge is 0.313 e. The van der Waals surface area contributed by atoms with E-state index < -0.39 is 11.6 Å². The molecule has 1 saturated heterocycles. The molecule has 2 rings (SSSR count). The minimum atomic E-state index is -0.771. The first-order chi connectivity index (χ1) is 9.11. The Hall–Kier alpha value is -1.00. The maximum Gasteiger partial charge on any atom is 0.163 e. The van der Waals surface area contributed by atoms with Gasteiger partial charge in [-0.25, -0.2) is 8.78 Å². The van der Waals surface area contributed by atoms with Gasteiger partial charge in [0.15, 0.2) is 11.6 Å². The van der Waals surface area contributed by atoms with Crippen LogP contribution in [0, 0.1) is 17.6 Å². The molecule has 1 aromatic carbocycles. The molecule has 0 aliphatic carbocycles. The number of hydrogen-bond acceptors (Lipinski definition) is 2. The van der Waals surface area contributed by atoms with Crippen molar-refractivity contribution in [2.75, 3.05) is 26.7 Å². The van der Waals surface area contributed by atoms with Crippen LogP contribution in [0.25, 0.3) is 0 Å². The highest BCUT2D eigenvalue weighted by molar-refractivity contribution is 5.22. The lowest BCUT2D eigenvalue weighted by atomic mass is 10.0. The van der Waals surface area contributed by atoms with Gasteiger partial charge in [-0.1, -0.05) is 19.1 Å². The number of likely N-dealkylation sites (tertiary alicyclic amines) is 1. The second kappa shape index (κ2) is 6.44. The molecule has 2 unspecified atom stereocenters. The fourth-order valence-corrected chi connectivity index (χ4v) is 2.79. The zero-order valence-corrected chi connectivity index (χ0v) is 11.6.